The highest BCUT2D eigenvalue weighted by Gasteiger charge is 2.33. The summed E-state index contributed by atoms with van der Waals surface area (Å²) in [5, 5.41) is 9.98. The molecule has 30 heavy (non-hydrogen) atoms. The molecule has 2 aromatic carbocycles. The van der Waals surface area contributed by atoms with Gasteiger partial charge in [0, 0.05) is 24.6 Å². The van der Waals surface area contributed by atoms with E-state index in [4.69, 9.17) is 9.65 Å². The highest BCUT2D eigenvalue weighted by molar-refractivity contribution is 6.19. The van der Waals surface area contributed by atoms with Gasteiger partial charge in [0.25, 0.3) is 0 Å². The molecule has 0 bridgehead atoms. The molecule has 2 atom stereocenters. The number of carbonyl (C=O) groups excluding carboxylic acids is 1. The molecular weight excluding hydrogens is 372 g/mol. The molecule has 2 N–H and O–H groups in total. The van der Waals surface area contributed by atoms with Crippen LogP contribution in [0.15, 0.2) is 48.5 Å². The van der Waals surface area contributed by atoms with Crippen LogP contribution in [-0.2, 0) is 12.8 Å². The molecule has 3 aromatic rings. The van der Waals surface area contributed by atoms with Crippen molar-refractivity contribution < 1.29 is 4.79 Å². The molecular formula is C25H24N4O. The zero-order chi connectivity index (χ0) is 20.1. The molecule has 2 unspecified atom stereocenters. The minimum Gasteiger partial charge on any atom is -0.661 e. The fourth-order valence-corrected chi connectivity index (χ4v) is 5.24. The summed E-state index contributed by atoms with van der Waals surface area (Å²) < 4.78 is 4.77. The Labute approximate surface area is 174 Å². The average Bonchev–Trinajstić information content (AvgIpc) is 3.31. The lowest BCUT2D eigenvalue weighted by molar-refractivity contribution is 0.231. The number of para-hydroxylation sites is 2. The minimum absolute atomic E-state index is 0.0514. The highest BCUT2D eigenvalue weighted by atomic mass is 16.2. The van der Waals surface area contributed by atoms with Crippen molar-refractivity contribution in [3.63, 3.8) is 0 Å². The molecule has 2 amide bonds. The predicted molar refractivity (Wildman–Crippen MR) is 118 cm³/mol. The fourth-order valence-electron chi connectivity index (χ4n) is 5.24. The first-order valence-electron chi connectivity index (χ1n) is 10.9. The number of nitrogens with zero attached hydrogens (tertiary/aromatic N) is 2. The van der Waals surface area contributed by atoms with E-state index >= 15 is 0 Å². The number of aromatic nitrogens is 1. The summed E-state index contributed by atoms with van der Waals surface area (Å²) in [7, 11) is 0. The Morgan fingerprint density at radius 1 is 0.933 bits per heavy atom. The molecule has 1 aliphatic heterocycles. The lowest BCUT2D eigenvalue weighted by Gasteiger charge is -2.28. The number of aryl methyl sites for hydroxylation is 1. The number of benzene rings is 2. The van der Waals surface area contributed by atoms with Crippen LogP contribution in [0.4, 0.5) is 4.79 Å². The molecule has 0 spiro atoms. The SMILES string of the molecule is O=C(NC1CCC2=[N+]=c3ccccc3=C2C1)NC1CCc2[n-]c3ccccc3c2C1. The molecule has 2 heterocycles. The Hall–Kier alpha value is -3.30. The number of amides is 2. The maximum atomic E-state index is 12.8. The second-order valence-corrected chi connectivity index (χ2v) is 8.61. The fraction of sp³-hybridized carbons (Fsp3) is 0.320. The van der Waals surface area contributed by atoms with Crippen molar-refractivity contribution in [1.82, 2.24) is 20.3 Å². The molecule has 1 aromatic heterocycles. The van der Waals surface area contributed by atoms with Crippen molar-refractivity contribution in [2.75, 3.05) is 0 Å². The van der Waals surface area contributed by atoms with Gasteiger partial charge >= 0.3 is 17.1 Å². The van der Waals surface area contributed by atoms with Crippen molar-refractivity contribution in [2.24, 2.45) is 0 Å². The molecule has 6 rings (SSSR count). The summed E-state index contributed by atoms with van der Waals surface area (Å²) >= 11 is 0. The van der Waals surface area contributed by atoms with Crippen molar-refractivity contribution >= 4 is 28.2 Å². The Balaban J connectivity index is 1.13. The van der Waals surface area contributed by atoms with E-state index < -0.39 is 0 Å². The predicted octanol–water partition coefficient (Wildman–Crippen LogP) is 1.50. The van der Waals surface area contributed by atoms with Gasteiger partial charge in [-0.2, -0.15) is 5.69 Å². The number of fused-ring (bicyclic) bond motifs is 5. The van der Waals surface area contributed by atoms with Gasteiger partial charge in [0.1, 0.15) is 0 Å². The third kappa shape index (κ3) is 2.94. The molecule has 5 nitrogen and oxygen atoms in total. The van der Waals surface area contributed by atoms with E-state index in [-0.39, 0.29) is 18.1 Å². The van der Waals surface area contributed by atoms with Gasteiger partial charge in [-0.3, -0.25) is 0 Å². The molecule has 2 aliphatic carbocycles. The Bertz CT molecular complexity index is 1330. The molecule has 0 radical (unpaired) electrons. The lowest BCUT2D eigenvalue weighted by Crippen LogP contribution is -2.49. The van der Waals surface area contributed by atoms with Crippen LogP contribution in [0, 0.1) is 0 Å². The second-order valence-electron chi connectivity index (χ2n) is 8.61. The number of hydrogen-bond donors (Lipinski definition) is 2. The summed E-state index contributed by atoms with van der Waals surface area (Å²) in [6, 6.07) is 16.9. The van der Waals surface area contributed by atoms with Gasteiger partial charge in [-0.05, 0) is 37.1 Å². The van der Waals surface area contributed by atoms with Crippen LogP contribution < -0.4 is 30.9 Å². The summed E-state index contributed by atoms with van der Waals surface area (Å²) in [5.74, 6) is 0. The Morgan fingerprint density at radius 2 is 1.70 bits per heavy atom. The van der Waals surface area contributed by atoms with Crippen LogP contribution in [0.1, 0.15) is 36.9 Å². The molecule has 5 heteroatoms. The smallest absolute Gasteiger partial charge is 0.335 e. The van der Waals surface area contributed by atoms with Gasteiger partial charge in [-0.15, -0.1) is 5.52 Å². The highest BCUT2D eigenvalue weighted by Crippen LogP contribution is 2.28. The van der Waals surface area contributed by atoms with E-state index in [2.05, 4.69) is 47.0 Å². The van der Waals surface area contributed by atoms with E-state index in [0.29, 0.717) is 0 Å². The van der Waals surface area contributed by atoms with Gasteiger partial charge in [-0.1, -0.05) is 46.6 Å². The number of nitrogens with one attached hydrogen (secondary N) is 2. The van der Waals surface area contributed by atoms with Crippen molar-refractivity contribution in [3.8, 4) is 0 Å². The zero-order valence-electron chi connectivity index (χ0n) is 16.8. The van der Waals surface area contributed by atoms with E-state index in [0.717, 1.165) is 49.4 Å². The van der Waals surface area contributed by atoms with E-state index in [1.165, 1.54) is 33.1 Å². The summed E-state index contributed by atoms with van der Waals surface area (Å²) in [4.78, 5) is 17.5. The van der Waals surface area contributed by atoms with Gasteiger partial charge in [0.15, 0.2) is 0 Å². The van der Waals surface area contributed by atoms with Crippen LogP contribution in [0.25, 0.3) is 16.5 Å². The Kier molecular flexibility index (Phi) is 4.03. The monoisotopic (exact) mass is 396 g/mol. The van der Waals surface area contributed by atoms with Gasteiger partial charge < -0.3 is 15.6 Å². The van der Waals surface area contributed by atoms with E-state index in [1.807, 2.05) is 12.1 Å². The third-order valence-electron chi connectivity index (χ3n) is 6.70. The van der Waals surface area contributed by atoms with Crippen LogP contribution in [0.5, 0.6) is 0 Å². The maximum Gasteiger partial charge on any atom is 0.335 e. The maximum absolute atomic E-state index is 12.8. The third-order valence-corrected chi connectivity index (χ3v) is 6.70. The number of urea groups is 1. The molecule has 3 aliphatic rings. The van der Waals surface area contributed by atoms with Gasteiger partial charge in [0.05, 0.1) is 17.2 Å². The quantitative estimate of drug-likeness (QED) is 0.645. The standard InChI is InChI=1S/C25H24N4O/c30-25(26-15-9-11-23-19(13-15)17-5-1-3-7-21(17)28-23)27-16-10-12-24-20(14-16)18-6-2-4-8-22(18)29-24/h1-8,15-16H,9-14H2,(H2,26,27,30). The van der Waals surface area contributed by atoms with Crippen LogP contribution in [0.3, 0.4) is 0 Å². The second kappa shape index (κ2) is 6.89. The first-order chi connectivity index (χ1) is 14.7. The van der Waals surface area contributed by atoms with Crippen molar-refractivity contribution in [3.05, 3.63) is 70.4 Å². The molecule has 150 valence electrons. The van der Waals surface area contributed by atoms with Gasteiger partial charge in [-0.25, -0.2) is 4.79 Å². The van der Waals surface area contributed by atoms with Crippen LogP contribution in [0.2, 0.25) is 0 Å². The zero-order valence-corrected chi connectivity index (χ0v) is 16.8. The summed E-state index contributed by atoms with van der Waals surface area (Å²) in [5.41, 5.74) is 6.08. The lowest BCUT2D eigenvalue weighted by atomic mass is 9.88. The first kappa shape index (κ1) is 17.5. The normalized spacial score (nSPS) is 21.9. The average molecular weight is 396 g/mol. The largest absolute Gasteiger partial charge is 0.661 e. The Morgan fingerprint density at radius 3 is 2.63 bits per heavy atom. The molecule has 1 saturated carbocycles. The van der Waals surface area contributed by atoms with Gasteiger partial charge in [0.2, 0.25) is 0 Å². The topological polar surface area (TPSA) is 69.3 Å². The van der Waals surface area contributed by atoms with Crippen molar-refractivity contribution in [2.45, 2.75) is 50.6 Å². The number of hydrogen-bond acceptors (Lipinski definition) is 1. The van der Waals surface area contributed by atoms with E-state index in [9.17, 15) is 4.79 Å². The summed E-state index contributed by atoms with van der Waals surface area (Å²) in [6.45, 7) is 0. The van der Waals surface area contributed by atoms with Crippen molar-refractivity contribution in [1.29, 1.82) is 0 Å². The van der Waals surface area contributed by atoms with Crippen LogP contribution >= 0.6 is 0 Å². The van der Waals surface area contributed by atoms with E-state index in [1.54, 1.807) is 0 Å². The first-order valence-corrected chi connectivity index (χ1v) is 10.9. The summed E-state index contributed by atoms with van der Waals surface area (Å²) in [6.07, 6.45) is 5.44. The van der Waals surface area contributed by atoms with Crippen LogP contribution in [-0.4, -0.2) is 23.8 Å². The number of rotatable bonds is 2. The molecule has 1 fully saturated rings. The molecule has 0 saturated heterocycles. The minimum atomic E-state index is -0.0514. The number of carbonyl (C=O) groups is 1.